The summed E-state index contributed by atoms with van der Waals surface area (Å²) in [6, 6.07) is 12.9. The lowest BCUT2D eigenvalue weighted by Gasteiger charge is -2.11. The van der Waals surface area contributed by atoms with Crippen LogP contribution >= 0.6 is 0 Å². The molecule has 0 atom stereocenters. The maximum absolute atomic E-state index is 12.8. The molecule has 0 fully saturated rings. The number of fused-ring (bicyclic) bond motifs is 1. The molecule has 33 heavy (non-hydrogen) atoms. The second kappa shape index (κ2) is 8.65. The molecule has 0 aliphatic heterocycles. The van der Waals surface area contributed by atoms with Gasteiger partial charge in [-0.2, -0.15) is 5.11 Å². The Labute approximate surface area is 188 Å². The van der Waals surface area contributed by atoms with E-state index in [9.17, 15) is 14.4 Å². The highest BCUT2D eigenvalue weighted by Gasteiger charge is 2.17. The van der Waals surface area contributed by atoms with E-state index in [0.29, 0.717) is 17.1 Å². The zero-order chi connectivity index (χ0) is 23.7. The van der Waals surface area contributed by atoms with Gasteiger partial charge in [0.1, 0.15) is 12.2 Å². The van der Waals surface area contributed by atoms with Gasteiger partial charge in [0, 0.05) is 14.1 Å². The van der Waals surface area contributed by atoms with Gasteiger partial charge >= 0.3 is 5.69 Å². The zero-order valence-electron chi connectivity index (χ0n) is 18.7. The molecule has 168 valence electrons. The van der Waals surface area contributed by atoms with Gasteiger partial charge in [-0.15, -0.1) is 5.11 Å². The molecule has 4 rings (SSSR count). The number of rotatable bonds is 5. The van der Waals surface area contributed by atoms with Crippen LogP contribution in [0.1, 0.15) is 11.1 Å². The van der Waals surface area contributed by atoms with Gasteiger partial charge in [-0.05, 0) is 43.7 Å². The van der Waals surface area contributed by atoms with E-state index in [-0.39, 0.29) is 11.2 Å². The second-order valence-electron chi connectivity index (χ2n) is 7.86. The molecule has 0 spiro atoms. The van der Waals surface area contributed by atoms with Gasteiger partial charge in [-0.1, -0.05) is 23.8 Å². The number of carbonyl (C=O) groups is 1. The summed E-state index contributed by atoms with van der Waals surface area (Å²) >= 11 is 0. The summed E-state index contributed by atoms with van der Waals surface area (Å²) in [6.07, 6.45) is 1.45. The number of nitrogens with one attached hydrogen (secondary N) is 1. The molecule has 0 unspecified atom stereocenters. The quantitative estimate of drug-likeness (QED) is 0.475. The van der Waals surface area contributed by atoms with Crippen molar-refractivity contribution in [1.82, 2.24) is 18.7 Å². The van der Waals surface area contributed by atoms with Crippen LogP contribution in [0.15, 0.2) is 68.6 Å². The molecule has 1 N–H and O–H groups in total. The average molecular weight is 445 g/mol. The number of hydrogen-bond donors (Lipinski definition) is 1. The molecule has 0 saturated heterocycles. The third-order valence-corrected chi connectivity index (χ3v) is 5.24. The topological polar surface area (TPSA) is 116 Å². The van der Waals surface area contributed by atoms with Crippen LogP contribution < -0.4 is 16.6 Å². The van der Waals surface area contributed by atoms with Crippen LogP contribution in [0.4, 0.5) is 17.1 Å². The molecule has 10 heteroatoms. The van der Waals surface area contributed by atoms with Crippen LogP contribution in [0.3, 0.4) is 0 Å². The van der Waals surface area contributed by atoms with Crippen molar-refractivity contribution in [3.8, 4) is 0 Å². The fourth-order valence-corrected chi connectivity index (χ4v) is 3.42. The highest BCUT2D eigenvalue weighted by Crippen LogP contribution is 2.28. The van der Waals surface area contributed by atoms with Gasteiger partial charge in [0.15, 0.2) is 11.2 Å². The Morgan fingerprint density at radius 3 is 2.42 bits per heavy atom. The minimum Gasteiger partial charge on any atom is -0.328 e. The molecule has 4 aromatic rings. The number of azo groups is 1. The Hall–Kier alpha value is -4.34. The molecule has 2 heterocycles. The number of carbonyl (C=O) groups excluding carboxylic acids is 1. The van der Waals surface area contributed by atoms with E-state index < -0.39 is 23.7 Å². The molecule has 0 saturated carbocycles. The van der Waals surface area contributed by atoms with E-state index in [2.05, 4.69) is 20.5 Å². The number of aryl methyl sites for hydroxylation is 4. The molecule has 0 aliphatic rings. The molecular weight excluding hydrogens is 422 g/mol. The number of nitrogens with zero attached hydrogens (tertiary/aromatic N) is 6. The van der Waals surface area contributed by atoms with E-state index in [0.717, 1.165) is 15.7 Å². The lowest BCUT2D eigenvalue weighted by molar-refractivity contribution is -0.116. The van der Waals surface area contributed by atoms with Crippen LogP contribution in [-0.4, -0.2) is 24.6 Å². The number of aromatic nitrogens is 4. The molecule has 1 amide bonds. The first-order chi connectivity index (χ1) is 15.7. The minimum absolute atomic E-state index is 0.243. The van der Waals surface area contributed by atoms with Gasteiger partial charge in [0.25, 0.3) is 5.56 Å². The zero-order valence-corrected chi connectivity index (χ0v) is 18.7. The van der Waals surface area contributed by atoms with E-state index >= 15 is 0 Å². The standard InChI is InChI=1S/C23H23N7O3/c1-14-5-8-16(9-6-14)26-27-18-11-15(2)7-10-17(18)25-19(31)12-30-22(32)20-21(24-13-28(20)3)29(4)23(30)33/h5-11,13H,12H2,1-4H3,(H,25,31). The molecule has 2 aromatic heterocycles. The lowest BCUT2D eigenvalue weighted by atomic mass is 10.2. The Morgan fingerprint density at radius 2 is 1.70 bits per heavy atom. The fraction of sp³-hybridized carbons (Fsp3) is 0.217. The van der Waals surface area contributed by atoms with Crippen LogP contribution in [0.2, 0.25) is 0 Å². The molecule has 2 aromatic carbocycles. The van der Waals surface area contributed by atoms with Crippen molar-refractivity contribution in [1.29, 1.82) is 0 Å². The summed E-state index contributed by atoms with van der Waals surface area (Å²) in [5.74, 6) is -0.536. The summed E-state index contributed by atoms with van der Waals surface area (Å²) in [5.41, 5.74) is 2.93. The fourth-order valence-electron chi connectivity index (χ4n) is 3.42. The highest BCUT2D eigenvalue weighted by molar-refractivity contribution is 5.93. The Morgan fingerprint density at radius 1 is 1.00 bits per heavy atom. The molecule has 0 aliphatic carbocycles. The van der Waals surface area contributed by atoms with E-state index in [4.69, 9.17) is 0 Å². The highest BCUT2D eigenvalue weighted by atomic mass is 16.2. The number of amides is 1. The summed E-state index contributed by atoms with van der Waals surface area (Å²) < 4.78 is 3.66. The third kappa shape index (κ3) is 4.36. The Balaban J connectivity index is 1.62. The van der Waals surface area contributed by atoms with Gasteiger partial charge in [0.05, 0.1) is 17.7 Å². The van der Waals surface area contributed by atoms with Crippen molar-refractivity contribution >= 4 is 34.1 Å². The van der Waals surface area contributed by atoms with Crippen LogP contribution in [0, 0.1) is 13.8 Å². The largest absolute Gasteiger partial charge is 0.332 e. The third-order valence-electron chi connectivity index (χ3n) is 5.24. The Bertz CT molecular complexity index is 1510. The number of benzene rings is 2. The van der Waals surface area contributed by atoms with Gasteiger partial charge < -0.3 is 9.88 Å². The van der Waals surface area contributed by atoms with Crippen molar-refractivity contribution < 1.29 is 4.79 Å². The smallest absolute Gasteiger partial charge is 0.328 e. The minimum atomic E-state index is -0.621. The maximum Gasteiger partial charge on any atom is 0.332 e. The monoisotopic (exact) mass is 445 g/mol. The van der Waals surface area contributed by atoms with Crippen molar-refractivity contribution in [2.75, 3.05) is 5.32 Å². The lowest BCUT2D eigenvalue weighted by Crippen LogP contribution is -2.42. The summed E-state index contributed by atoms with van der Waals surface area (Å²) in [4.78, 5) is 42.4. The van der Waals surface area contributed by atoms with Gasteiger partial charge in [-0.3, -0.25) is 14.2 Å². The average Bonchev–Trinajstić information content (AvgIpc) is 3.18. The maximum atomic E-state index is 12.8. The summed E-state index contributed by atoms with van der Waals surface area (Å²) in [7, 11) is 3.16. The molecule has 10 nitrogen and oxygen atoms in total. The SMILES string of the molecule is Cc1ccc(N=Nc2cc(C)ccc2NC(=O)Cn2c(=O)c3c(ncn3C)n(C)c2=O)cc1. The number of anilines is 1. The predicted octanol–water partition coefficient (Wildman–Crippen LogP) is 3.10. The molecule has 0 radical (unpaired) electrons. The normalized spacial score (nSPS) is 11.4. The van der Waals surface area contributed by atoms with Crippen LogP contribution in [0.5, 0.6) is 0 Å². The van der Waals surface area contributed by atoms with E-state index in [1.165, 1.54) is 22.5 Å². The van der Waals surface area contributed by atoms with Crippen molar-refractivity contribution in [3.63, 3.8) is 0 Å². The first kappa shape index (κ1) is 21.9. The number of imidazole rings is 1. The number of hydrogen-bond acceptors (Lipinski definition) is 6. The van der Waals surface area contributed by atoms with E-state index in [1.54, 1.807) is 19.2 Å². The van der Waals surface area contributed by atoms with E-state index in [1.807, 2.05) is 44.2 Å². The van der Waals surface area contributed by atoms with Crippen molar-refractivity contribution in [3.05, 3.63) is 80.8 Å². The molecule has 0 bridgehead atoms. The first-order valence-corrected chi connectivity index (χ1v) is 10.2. The van der Waals surface area contributed by atoms with Crippen LogP contribution in [-0.2, 0) is 25.4 Å². The van der Waals surface area contributed by atoms with Crippen LogP contribution in [0.25, 0.3) is 11.2 Å². The van der Waals surface area contributed by atoms with Gasteiger partial charge in [-0.25, -0.2) is 14.3 Å². The Kier molecular flexibility index (Phi) is 5.74. The summed E-state index contributed by atoms with van der Waals surface area (Å²) in [6.45, 7) is 3.44. The van der Waals surface area contributed by atoms with Crippen molar-refractivity contribution in [2.24, 2.45) is 24.3 Å². The molecular formula is C23H23N7O3. The predicted molar refractivity (Wildman–Crippen MR) is 125 cm³/mol. The first-order valence-electron chi connectivity index (χ1n) is 10.2. The second-order valence-corrected chi connectivity index (χ2v) is 7.86. The van der Waals surface area contributed by atoms with Gasteiger partial charge in [0.2, 0.25) is 5.91 Å². The summed E-state index contributed by atoms with van der Waals surface area (Å²) in [5, 5.41) is 11.3. The van der Waals surface area contributed by atoms with Crippen molar-refractivity contribution in [2.45, 2.75) is 20.4 Å².